The molecule has 0 heterocycles. The highest BCUT2D eigenvalue weighted by atomic mass is 16.6. The average molecular weight is 252 g/mol. The average Bonchev–Trinajstić information content (AvgIpc) is 2.27. The van der Waals surface area contributed by atoms with E-state index < -0.39 is 16.9 Å². The Hall–Kier alpha value is -2.44. The summed E-state index contributed by atoms with van der Waals surface area (Å²) in [6.45, 7) is 1.28. The molecular formula is C11H12N2O5. The highest BCUT2D eigenvalue weighted by Crippen LogP contribution is 2.20. The second-order valence-corrected chi connectivity index (χ2v) is 3.70. The van der Waals surface area contributed by atoms with Crippen LogP contribution in [0, 0.1) is 10.1 Å². The predicted octanol–water partition coefficient (Wildman–Crippen LogP) is 1.25. The first-order valence-electron chi connectivity index (χ1n) is 5.13. The van der Waals surface area contributed by atoms with Gasteiger partial charge in [0.05, 0.1) is 17.4 Å². The van der Waals surface area contributed by atoms with Crippen molar-refractivity contribution in [3.05, 3.63) is 39.9 Å². The van der Waals surface area contributed by atoms with Crippen molar-refractivity contribution in [2.75, 3.05) is 0 Å². The van der Waals surface area contributed by atoms with Crippen molar-refractivity contribution in [1.29, 1.82) is 0 Å². The van der Waals surface area contributed by atoms with E-state index in [1.807, 2.05) is 0 Å². The Bertz CT molecular complexity index is 453. The second-order valence-electron chi connectivity index (χ2n) is 3.70. The third-order valence-electron chi connectivity index (χ3n) is 2.26. The third-order valence-corrected chi connectivity index (χ3v) is 2.26. The molecular weight excluding hydrogens is 240 g/mol. The Labute approximate surface area is 103 Å². The zero-order chi connectivity index (χ0) is 13.7. The number of nitrogens with one attached hydrogen (secondary N) is 1. The summed E-state index contributed by atoms with van der Waals surface area (Å²) in [6.07, 6.45) is -0.280. The smallest absolute Gasteiger partial charge is 0.305 e. The summed E-state index contributed by atoms with van der Waals surface area (Å²) in [5.41, 5.74) is 0.425. The Kier molecular flexibility index (Phi) is 4.36. The number of hydrogen-bond acceptors (Lipinski definition) is 4. The number of aliphatic carboxylic acids is 1. The lowest BCUT2D eigenvalue weighted by molar-refractivity contribution is -0.384. The number of carboxylic acid groups (broad SMARTS) is 1. The molecule has 0 aliphatic carbocycles. The van der Waals surface area contributed by atoms with E-state index in [4.69, 9.17) is 5.11 Å². The van der Waals surface area contributed by atoms with Crippen LogP contribution in [-0.2, 0) is 9.59 Å². The molecule has 0 aromatic heterocycles. The molecule has 2 N–H and O–H groups in total. The molecule has 0 saturated carbocycles. The van der Waals surface area contributed by atoms with Crippen LogP contribution in [0.25, 0.3) is 0 Å². The molecule has 1 rings (SSSR count). The summed E-state index contributed by atoms with van der Waals surface area (Å²) in [4.78, 5) is 31.6. The number of benzene rings is 1. The summed E-state index contributed by atoms with van der Waals surface area (Å²) in [5.74, 6) is -1.42. The molecule has 0 saturated heterocycles. The molecule has 7 heteroatoms. The first-order chi connectivity index (χ1) is 8.40. The van der Waals surface area contributed by atoms with Crippen molar-refractivity contribution < 1.29 is 19.6 Å². The maximum Gasteiger partial charge on any atom is 0.305 e. The van der Waals surface area contributed by atoms with Crippen LogP contribution in [0.1, 0.15) is 24.9 Å². The third kappa shape index (κ3) is 3.85. The van der Waals surface area contributed by atoms with E-state index >= 15 is 0 Å². The van der Waals surface area contributed by atoms with Crippen molar-refractivity contribution in [2.24, 2.45) is 0 Å². The van der Waals surface area contributed by atoms with E-state index in [2.05, 4.69) is 5.32 Å². The molecule has 0 radical (unpaired) electrons. The SMILES string of the molecule is CC(=O)N[C@@H](CC(=O)O)c1ccc([N+](=O)[O-])cc1. The molecule has 0 aliphatic rings. The number of rotatable bonds is 5. The molecule has 0 unspecified atom stereocenters. The minimum atomic E-state index is -1.06. The maximum atomic E-state index is 11.0. The van der Waals surface area contributed by atoms with Gasteiger partial charge in [-0.1, -0.05) is 12.1 Å². The van der Waals surface area contributed by atoms with Crippen LogP contribution in [0.4, 0.5) is 5.69 Å². The zero-order valence-electron chi connectivity index (χ0n) is 9.62. The zero-order valence-corrected chi connectivity index (χ0v) is 9.62. The van der Waals surface area contributed by atoms with Gasteiger partial charge in [0.1, 0.15) is 0 Å². The van der Waals surface area contributed by atoms with Gasteiger partial charge in [-0.15, -0.1) is 0 Å². The number of carbonyl (C=O) groups excluding carboxylic acids is 1. The van der Waals surface area contributed by atoms with Gasteiger partial charge in [0, 0.05) is 19.1 Å². The van der Waals surface area contributed by atoms with Crippen LogP contribution >= 0.6 is 0 Å². The molecule has 96 valence electrons. The van der Waals surface area contributed by atoms with Crippen LogP contribution in [0.15, 0.2) is 24.3 Å². The van der Waals surface area contributed by atoms with E-state index in [1.54, 1.807) is 0 Å². The number of carbonyl (C=O) groups is 2. The number of nitrogens with zero attached hydrogens (tertiary/aromatic N) is 1. The van der Waals surface area contributed by atoms with Crippen LogP contribution in [0.5, 0.6) is 0 Å². The van der Waals surface area contributed by atoms with Gasteiger partial charge in [0.25, 0.3) is 5.69 Å². The quantitative estimate of drug-likeness (QED) is 0.605. The van der Waals surface area contributed by atoms with Gasteiger partial charge < -0.3 is 10.4 Å². The van der Waals surface area contributed by atoms with Crippen molar-refractivity contribution in [2.45, 2.75) is 19.4 Å². The minimum Gasteiger partial charge on any atom is -0.481 e. The van der Waals surface area contributed by atoms with E-state index in [9.17, 15) is 19.7 Å². The molecule has 7 nitrogen and oxygen atoms in total. The number of non-ortho nitro benzene ring substituents is 1. The molecule has 1 aromatic rings. The van der Waals surface area contributed by atoms with Crippen LogP contribution in [0.3, 0.4) is 0 Å². The monoisotopic (exact) mass is 252 g/mol. The predicted molar refractivity (Wildman–Crippen MR) is 61.9 cm³/mol. The Balaban J connectivity index is 2.93. The fourth-order valence-electron chi connectivity index (χ4n) is 1.50. The lowest BCUT2D eigenvalue weighted by atomic mass is 10.0. The highest BCUT2D eigenvalue weighted by Gasteiger charge is 2.17. The Morgan fingerprint density at radius 1 is 1.39 bits per heavy atom. The number of carboxylic acids is 1. The molecule has 0 fully saturated rings. The molecule has 0 bridgehead atoms. The fourth-order valence-corrected chi connectivity index (χ4v) is 1.50. The van der Waals surface area contributed by atoms with Crippen LogP contribution < -0.4 is 5.32 Å². The molecule has 0 spiro atoms. The van der Waals surface area contributed by atoms with Gasteiger partial charge in [-0.25, -0.2) is 0 Å². The summed E-state index contributed by atoms with van der Waals surface area (Å²) >= 11 is 0. The second kappa shape index (κ2) is 5.76. The van der Waals surface area contributed by atoms with Gasteiger partial charge in [-0.2, -0.15) is 0 Å². The van der Waals surface area contributed by atoms with Crippen molar-refractivity contribution in [1.82, 2.24) is 5.32 Å². The maximum absolute atomic E-state index is 11.0. The van der Waals surface area contributed by atoms with E-state index in [1.165, 1.54) is 31.2 Å². The summed E-state index contributed by atoms with van der Waals surface area (Å²) in [7, 11) is 0. The largest absolute Gasteiger partial charge is 0.481 e. The van der Waals surface area contributed by atoms with Gasteiger partial charge in [-0.05, 0) is 5.56 Å². The molecule has 18 heavy (non-hydrogen) atoms. The molecule has 1 amide bonds. The van der Waals surface area contributed by atoms with Crippen molar-refractivity contribution >= 4 is 17.6 Å². The molecule has 1 atom stereocenters. The first-order valence-corrected chi connectivity index (χ1v) is 5.13. The van der Waals surface area contributed by atoms with Crippen LogP contribution in [0.2, 0.25) is 0 Å². The number of amides is 1. The fraction of sp³-hybridized carbons (Fsp3) is 0.273. The normalized spacial score (nSPS) is 11.6. The standard InChI is InChI=1S/C11H12N2O5/c1-7(14)12-10(6-11(15)16)8-2-4-9(5-3-8)13(17)18/h2-5,10H,6H2,1H3,(H,12,14)(H,15,16)/t10-/m0/s1. The van der Waals surface area contributed by atoms with Crippen LogP contribution in [-0.4, -0.2) is 21.9 Å². The number of hydrogen-bond donors (Lipinski definition) is 2. The van der Waals surface area contributed by atoms with Gasteiger partial charge >= 0.3 is 5.97 Å². The van der Waals surface area contributed by atoms with E-state index in [0.717, 1.165) is 0 Å². The topological polar surface area (TPSA) is 110 Å². The summed E-state index contributed by atoms with van der Waals surface area (Å²) < 4.78 is 0. The Morgan fingerprint density at radius 2 is 1.94 bits per heavy atom. The lowest BCUT2D eigenvalue weighted by Crippen LogP contribution is -2.27. The first kappa shape index (κ1) is 13.6. The highest BCUT2D eigenvalue weighted by molar-refractivity contribution is 5.75. The lowest BCUT2D eigenvalue weighted by Gasteiger charge is -2.15. The van der Waals surface area contributed by atoms with Crippen molar-refractivity contribution in [3.63, 3.8) is 0 Å². The Morgan fingerprint density at radius 3 is 2.33 bits per heavy atom. The minimum absolute atomic E-state index is 0.0874. The summed E-state index contributed by atoms with van der Waals surface area (Å²) in [5, 5.41) is 21.7. The molecule has 0 aliphatic heterocycles. The number of nitro groups is 1. The summed E-state index contributed by atoms with van der Waals surface area (Å²) in [6, 6.07) is 4.71. The molecule has 1 aromatic carbocycles. The van der Waals surface area contributed by atoms with Crippen molar-refractivity contribution in [3.8, 4) is 0 Å². The van der Waals surface area contributed by atoms with Gasteiger partial charge in [-0.3, -0.25) is 19.7 Å². The van der Waals surface area contributed by atoms with Gasteiger partial charge in [0.15, 0.2) is 0 Å². The van der Waals surface area contributed by atoms with E-state index in [-0.39, 0.29) is 18.0 Å². The van der Waals surface area contributed by atoms with E-state index in [0.29, 0.717) is 5.56 Å². The van der Waals surface area contributed by atoms with Gasteiger partial charge in [0.2, 0.25) is 5.91 Å². The number of nitro benzene ring substituents is 1.